The third-order valence-corrected chi connectivity index (χ3v) is 9.97. The van der Waals surface area contributed by atoms with Crippen LogP contribution in [0.2, 0.25) is 5.02 Å². The van der Waals surface area contributed by atoms with Crippen LogP contribution in [0, 0.1) is 11.7 Å². The zero-order chi connectivity index (χ0) is 27.0. The van der Waals surface area contributed by atoms with Gasteiger partial charge in [0.25, 0.3) is 0 Å². The number of hydrogen-bond donors (Lipinski definition) is 1. The first-order valence-corrected chi connectivity index (χ1v) is 15.1. The highest BCUT2D eigenvalue weighted by atomic mass is 35.5. The Morgan fingerprint density at radius 3 is 2.64 bits per heavy atom. The standard InChI is InChI=1S/C31H41ClFN5O/c1-35-16-18-36(19-17-35)12-5-15-38(30(39)34-24-8-9-28(33)27(32)21-24)29-10-11-31(22-26(29)31)23-6-4-7-25(20-23)37-13-2-3-14-37/h4,6-9,20-21,26,29H,2-3,5,10-19,22H2,1H3,(H,34,39)/t26-,29-,31-/m1/s1. The first-order chi connectivity index (χ1) is 18.9. The molecule has 2 heterocycles. The molecule has 6 rings (SSSR count). The SMILES string of the molecule is CN1CCN(CCCN(C(=O)Nc2ccc(F)c(Cl)c2)[C@@H]2CC[C@]3(c4cccc(N5CCCC5)c4)C[C@H]23)CC1. The number of hydrogen-bond acceptors (Lipinski definition) is 4. The second kappa shape index (κ2) is 11.3. The molecular formula is C31H41ClFN5O. The van der Waals surface area contributed by atoms with Crippen molar-refractivity contribution in [2.45, 2.75) is 50.0 Å². The Morgan fingerprint density at radius 1 is 1.10 bits per heavy atom. The lowest BCUT2D eigenvalue weighted by atomic mass is 9.93. The molecule has 3 atom stereocenters. The number of rotatable bonds is 8. The van der Waals surface area contributed by atoms with Gasteiger partial charge in [0, 0.05) is 68.6 Å². The number of amides is 2. The smallest absolute Gasteiger partial charge is 0.322 e. The lowest BCUT2D eigenvalue weighted by molar-refractivity contribution is 0.140. The highest BCUT2D eigenvalue weighted by Gasteiger charge is 2.64. The van der Waals surface area contributed by atoms with E-state index in [2.05, 4.69) is 56.2 Å². The molecule has 0 aromatic heterocycles. The largest absolute Gasteiger partial charge is 0.372 e. The van der Waals surface area contributed by atoms with Crippen LogP contribution >= 0.6 is 11.6 Å². The first kappa shape index (κ1) is 26.9. The second-order valence-corrected chi connectivity index (χ2v) is 12.5. The van der Waals surface area contributed by atoms with Gasteiger partial charge in [0.05, 0.1) is 5.02 Å². The molecule has 1 N–H and O–H groups in total. The number of halogens is 2. The van der Waals surface area contributed by atoms with Crippen molar-refractivity contribution in [2.75, 3.05) is 69.6 Å². The molecule has 2 aliphatic carbocycles. The Balaban J connectivity index is 1.16. The molecule has 0 spiro atoms. The molecule has 2 saturated heterocycles. The van der Waals surface area contributed by atoms with Crippen LogP contribution in [0.25, 0.3) is 0 Å². The van der Waals surface area contributed by atoms with E-state index in [1.54, 1.807) is 6.07 Å². The summed E-state index contributed by atoms with van der Waals surface area (Å²) < 4.78 is 13.7. The number of carbonyl (C=O) groups is 1. The van der Waals surface area contributed by atoms with Crippen molar-refractivity contribution in [1.82, 2.24) is 14.7 Å². The molecular weight excluding hydrogens is 513 g/mol. The molecule has 6 nitrogen and oxygen atoms in total. The summed E-state index contributed by atoms with van der Waals surface area (Å²) in [5.41, 5.74) is 3.52. The molecule has 4 aliphatic rings. The van der Waals surface area contributed by atoms with Crippen molar-refractivity contribution in [2.24, 2.45) is 5.92 Å². The van der Waals surface area contributed by atoms with Gasteiger partial charge in [-0.05, 0) is 93.9 Å². The number of urea groups is 1. The molecule has 2 amide bonds. The Morgan fingerprint density at radius 2 is 1.90 bits per heavy atom. The number of nitrogens with zero attached hydrogens (tertiary/aromatic N) is 4. The van der Waals surface area contributed by atoms with Gasteiger partial charge in [-0.2, -0.15) is 0 Å². The van der Waals surface area contributed by atoms with E-state index in [4.69, 9.17) is 11.6 Å². The van der Waals surface area contributed by atoms with Crippen molar-refractivity contribution >= 4 is 29.0 Å². The number of fused-ring (bicyclic) bond motifs is 1. The summed E-state index contributed by atoms with van der Waals surface area (Å²) in [4.78, 5) is 23.2. The van der Waals surface area contributed by atoms with E-state index < -0.39 is 5.82 Å². The minimum absolute atomic E-state index is 0.0226. The third-order valence-electron chi connectivity index (χ3n) is 9.68. The van der Waals surface area contributed by atoms with Crippen LogP contribution in [0.4, 0.5) is 20.6 Å². The van der Waals surface area contributed by atoms with Crippen LogP contribution in [-0.2, 0) is 5.41 Å². The number of anilines is 2. The topological polar surface area (TPSA) is 42.1 Å². The summed E-state index contributed by atoms with van der Waals surface area (Å²) in [5, 5.41) is 3.05. The number of benzene rings is 2. The van der Waals surface area contributed by atoms with Crippen molar-refractivity contribution in [1.29, 1.82) is 0 Å². The summed E-state index contributed by atoms with van der Waals surface area (Å²) in [5.74, 6) is 0.00550. The Bertz CT molecular complexity index is 1180. The third kappa shape index (κ3) is 5.63. The van der Waals surface area contributed by atoms with Crippen LogP contribution in [0.5, 0.6) is 0 Å². The van der Waals surface area contributed by atoms with E-state index in [1.165, 1.54) is 36.2 Å². The predicted octanol–water partition coefficient (Wildman–Crippen LogP) is 5.67. The average molecular weight is 554 g/mol. The van der Waals surface area contributed by atoms with Gasteiger partial charge in [0.15, 0.2) is 0 Å². The fraction of sp³-hybridized carbons (Fsp3) is 0.581. The molecule has 8 heteroatoms. The van der Waals surface area contributed by atoms with Crippen LogP contribution < -0.4 is 10.2 Å². The van der Waals surface area contributed by atoms with Crippen molar-refractivity contribution in [3.63, 3.8) is 0 Å². The quantitative estimate of drug-likeness (QED) is 0.457. The molecule has 2 saturated carbocycles. The Hall–Kier alpha value is -2.35. The van der Waals surface area contributed by atoms with Crippen molar-refractivity contribution in [3.8, 4) is 0 Å². The number of piperazine rings is 1. The fourth-order valence-corrected chi connectivity index (χ4v) is 7.47. The molecule has 2 aliphatic heterocycles. The number of nitrogens with one attached hydrogen (secondary N) is 1. The minimum Gasteiger partial charge on any atom is -0.372 e. The molecule has 0 bridgehead atoms. The first-order valence-electron chi connectivity index (χ1n) is 14.7. The van der Waals surface area contributed by atoms with E-state index in [-0.39, 0.29) is 22.5 Å². The normalized spacial score (nSPS) is 27.0. The van der Waals surface area contributed by atoms with E-state index in [0.29, 0.717) is 11.6 Å². The number of likely N-dealkylation sites (N-methyl/N-ethyl adjacent to an activating group) is 1. The molecule has 2 aromatic rings. The zero-order valence-electron chi connectivity index (χ0n) is 23.0. The van der Waals surface area contributed by atoms with Gasteiger partial charge < -0.3 is 24.9 Å². The van der Waals surface area contributed by atoms with Crippen LogP contribution in [0.3, 0.4) is 0 Å². The van der Waals surface area contributed by atoms with Gasteiger partial charge in [-0.15, -0.1) is 0 Å². The summed E-state index contributed by atoms with van der Waals surface area (Å²) in [6.07, 6.45) is 6.78. The average Bonchev–Trinajstić information content (AvgIpc) is 3.25. The maximum Gasteiger partial charge on any atom is 0.322 e. The van der Waals surface area contributed by atoms with E-state index in [0.717, 1.165) is 78.0 Å². The zero-order valence-corrected chi connectivity index (χ0v) is 23.8. The molecule has 0 unspecified atom stereocenters. The lowest BCUT2D eigenvalue weighted by Crippen LogP contribution is -2.47. The highest BCUT2D eigenvalue weighted by Crippen LogP contribution is 2.65. The van der Waals surface area contributed by atoms with Gasteiger partial charge in [0.2, 0.25) is 0 Å². The molecule has 39 heavy (non-hydrogen) atoms. The van der Waals surface area contributed by atoms with Crippen LogP contribution in [-0.4, -0.2) is 86.2 Å². The van der Waals surface area contributed by atoms with Crippen LogP contribution in [0.15, 0.2) is 42.5 Å². The maximum absolute atomic E-state index is 13.7. The molecule has 2 aromatic carbocycles. The van der Waals surface area contributed by atoms with E-state index in [9.17, 15) is 9.18 Å². The summed E-state index contributed by atoms with van der Waals surface area (Å²) in [7, 11) is 2.17. The monoisotopic (exact) mass is 553 g/mol. The summed E-state index contributed by atoms with van der Waals surface area (Å²) in [6, 6.07) is 13.7. The van der Waals surface area contributed by atoms with Gasteiger partial charge >= 0.3 is 6.03 Å². The molecule has 4 fully saturated rings. The van der Waals surface area contributed by atoms with E-state index >= 15 is 0 Å². The Kier molecular flexibility index (Phi) is 7.75. The number of carbonyl (C=O) groups excluding carboxylic acids is 1. The van der Waals surface area contributed by atoms with E-state index in [1.807, 2.05) is 0 Å². The van der Waals surface area contributed by atoms with Gasteiger partial charge in [-0.3, -0.25) is 0 Å². The fourth-order valence-electron chi connectivity index (χ4n) is 7.29. The van der Waals surface area contributed by atoms with Crippen molar-refractivity contribution in [3.05, 3.63) is 58.9 Å². The molecule has 210 valence electrons. The summed E-state index contributed by atoms with van der Waals surface area (Å²) >= 11 is 6.01. The maximum atomic E-state index is 13.7. The van der Waals surface area contributed by atoms with Gasteiger partial charge in [0.1, 0.15) is 5.82 Å². The predicted molar refractivity (Wildman–Crippen MR) is 156 cm³/mol. The second-order valence-electron chi connectivity index (χ2n) is 12.1. The van der Waals surface area contributed by atoms with Gasteiger partial charge in [-0.25, -0.2) is 9.18 Å². The van der Waals surface area contributed by atoms with Crippen molar-refractivity contribution < 1.29 is 9.18 Å². The van der Waals surface area contributed by atoms with Gasteiger partial charge in [-0.1, -0.05) is 23.7 Å². The molecule has 0 radical (unpaired) electrons. The minimum atomic E-state index is -0.478. The summed E-state index contributed by atoms with van der Waals surface area (Å²) in [6.45, 7) is 8.38. The Labute approximate surface area is 237 Å². The highest BCUT2D eigenvalue weighted by molar-refractivity contribution is 6.31. The lowest BCUT2D eigenvalue weighted by Gasteiger charge is -2.34. The van der Waals surface area contributed by atoms with Crippen LogP contribution in [0.1, 0.15) is 44.1 Å².